The van der Waals surface area contributed by atoms with E-state index < -0.39 is 17.4 Å². The second-order valence-corrected chi connectivity index (χ2v) is 11.5. The monoisotopic (exact) mass is 602 g/mol. The second-order valence-electron chi connectivity index (χ2n) is 11.5. The van der Waals surface area contributed by atoms with Crippen LogP contribution in [0.4, 0.5) is 0 Å². The minimum Gasteiger partial charge on any atom is -0.487 e. The van der Waals surface area contributed by atoms with Crippen LogP contribution in [0, 0.1) is 0 Å². The Morgan fingerprint density at radius 3 is 1.31 bits per heavy atom. The molecule has 6 heteroatoms. The Bertz CT molecular complexity index is 1590. The Labute approximate surface area is 264 Å². The molecule has 1 aliphatic carbocycles. The van der Waals surface area contributed by atoms with Gasteiger partial charge in [-0.1, -0.05) is 86.0 Å². The van der Waals surface area contributed by atoms with E-state index in [9.17, 15) is 9.59 Å². The highest BCUT2D eigenvalue weighted by Gasteiger charge is 2.45. The predicted octanol–water partition coefficient (Wildman–Crippen LogP) is 7.82. The number of hydrogen-bond donors (Lipinski definition) is 0. The maximum absolute atomic E-state index is 11.8. The van der Waals surface area contributed by atoms with E-state index in [1.165, 1.54) is 22.3 Å². The SMILES string of the molecule is C=C(C)C(=O)OCC(C)Oc1ccc(C2(c3ccc(OC(C)COC(=O)C(=C)C)cc3)c3ccccc3-c3ccccc32)cc1. The molecule has 0 aromatic heterocycles. The van der Waals surface area contributed by atoms with Crippen LogP contribution in [0.5, 0.6) is 11.5 Å². The quantitative estimate of drug-likeness (QED) is 0.107. The highest BCUT2D eigenvalue weighted by atomic mass is 16.6. The molecule has 2 unspecified atom stereocenters. The molecule has 0 fully saturated rings. The normalized spacial score (nSPS) is 13.9. The van der Waals surface area contributed by atoms with Crippen molar-refractivity contribution >= 4 is 11.9 Å². The zero-order valence-corrected chi connectivity index (χ0v) is 26.2. The van der Waals surface area contributed by atoms with Crippen LogP contribution in [0.2, 0.25) is 0 Å². The third-order valence-corrected chi connectivity index (χ3v) is 7.80. The highest BCUT2D eigenvalue weighted by Crippen LogP contribution is 2.56. The molecule has 0 radical (unpaired) electrons. The Balaban J connectivity index is 1.48. The molecular weight excluding hydrogens is 564 g/mol. The number of benzene rings is 4. The van der Waals surface area contributed by atoms with Gasteiger partial charge in [-0.15, -0.1) is 0 Å². The lowest BCUT2D eigenvalue weighted by atomic mass is 9.68. The topological polar surface area (TPSA) is 71.1 Å². The first kappa shape index (κ1) is 31.3. The molecule has 2 atom stereocenters. The standard InChI is InChI=1S/C39H38O6/c1-25(2)37(40)42-23-27(5)44-31-19-15-29(16-20-31)39(35-13-9-7-11-33(35)34-12-8-10-14-36(34)39)30-17-21-32(22-18-30)45-28(6)24-43-38(41)26(3)4/h7-22,27-28H,1,3,23-24H2,2,4-6H3. The van der Waals surface area contributed by atoms with Crippen LogP contribution < -0.4 is 9.47 Å². The van der Waals surface area contributed by atoms with Crippen molar-refractivity contribution < 1.29 is 28.5 Å². The van der Waals surface area contributed by atoms with Crippen molar-refractivity contribution in [2.24, 2.45) is 0 Å². The number of carbonyl (C=O) groups excluding carboxylic acids is 2. The first-order chi connectivity index (χ1) is 21.6. The maximum atomic E-state index is 11.8. The van der Waals surface area contributed by atoms with Gasteiger partial charge in [0, 0.05) is 11.1 Å². The Kier molecular flexibility index (Phi) is 9.24. The first-order valence-electron chi connectivity index (χ1n) is 15.0. The van der Waals surface area contributed by atoms with Gasteiger partial charge in [0.25, 0.3) is 0 Å². The summed E-state index contributed by atoms with van der Waals surface area (Å²) in [5.74, 6) is 0.492. The van der Waals surface area contributed by atoms with Crippen molar-refractivity contribution in [2.75, 3.05) is 13.2 Å². The summed E-state index contributed by atoms with van der Waals surface area (Å²) in [4.78, 5) is 23.6. The third-order valence-electron chi connectivity index (χ3n) is 7.80. The molecule has 1 aliphatic rings. The molecule has 0 spiro atoms. The van der Waals surface area contributed by atoms with E-state index in [0.29, 0.717) is 22.6 Å². The van der Waals surface area contributed by atoms with Gasteiger partial charge in [0.1, 0.15) is 36.9 Å². The second kappa shape index (κ2) is 13.3. The zero-order chi connectivity index (χ0) is 32.1. The van der Waals surface area contributed by atoms with Gasteiger partial charge in [-0.25, -0.2) is 9.59 Å². The van der Waals surface area contributed by atoms with Crippen LogP contribution in [0.1, 0.15) is 49.9 Å². The number of rotatable bonds is 12. The van der Waals surface area contributed by atoms with Crippen LogP contribution in [0.3, 0.4) is 0 Å². The Morgan fingerprint density at radius 2 is 0.956 bits per heavy atom. The summed E-state index contributed by atoms with van der Waals surface area (Å²) in [6.45, 7) is 14.5. The lowest BCUT2D eigenvalue weighted by Gasteiger charge is -2.34. The summed E-state index contributed by atoms with van der Waals surface area (Å²) < 4.78 is 22.7. The number of fused-ring (bicyclic) bond motifs is 3. The van der Waals surface area contributed by atoms with E-state index in [2.05, 4.69) is 86.0 Å². The zero-order valence-electron chi connectivity index (χ0n) is 26.2. The molecular formula is C39H38O6. The van der Waals surface area contributed by atoms with Crippen LogP contribution in [0.25, 0.3) is 11.1 Å². The summed E-state index contributed by atoms with van der Waals surface area (Å²) in [6, 6.07) is 33.3. The van der Waals surface area contributed by atoms with Crippen molar-refractivity contribution in [1.82, 2.24) is 0 Å². The highest BCUT2D eigenvalue weighted by molar-refractivity contribution is 5.88. The molecule has 45 heavy (non-hydrogen) atoms. The summed E-state index contributed by atoms with van der Waals surface area (Å²) in [6.07, 6.45) is -0.666. The van der Waals surface area contributed by atoms with Crippen LogP contribution in [-0.2, 0) is 24.5 Å². The lowest BCUT2D eigenvalue weighted by Crippen LogP contribution is -2.28. The Morgan fingerprint density at radius 1 is 0.600 bits per heavy atom. The molecule has 0 heterocycles. The van der Waals surface area contributed by atoms with E-state index in [-0.39, 0.29) is 25.4 Å². The van der Waals surface area contributed by atoms with E-state index >= 15 is 0 Å². The van der Waals surface area contributed by atoms with Gasteiger partial charge in [-0.05, 0) is 85.3 Å². The molecule has 5 rings (SSSR count). The van der Waals surface area contributed by atoms with Crippen LogP contribution >= 0.6 is 0 Å². The van der Waals surface area contributed by atoms with Gasteiger partial charge < -0.3 is 18.9 Å². The summed E-state index contributed by atoms with van der Waals surface area (Å²) >= 11 is 0. The van der Waals surface area contributed by atoms with Gasteiger partial charge in [0.2, 0.25) is 0 Å². The molecule has 230 valence electrons. The van der Waals surface area contributed by atoms with Gasteiger partial charge in [-0.3, -0.25) is 0 Å². The largest absolute Gasteiger partial charge is 0.487 e. The smallest absolute Gasteiger partial charge is 0.333 e. The number of carbonyl (C=O) groups is 2. The van der Waals surface area contributed by atoms with Crippen molar-refractivity contribution in [2.45, 2.75) is 45.3 Å². The molecule has 0 amide bonds. The summed E-state index contributed by atoms with van der Waals surface area (Å²) in [7, 11) is 0. The average Bonchev–Trinajstić information content (AvgIpc) is 3.34. The van der Waals surface area contributed by atoms with Crippen LogP contribution in [0.15, 0.2) is 121 Å². The van der Waals surface area contributed by atoms with Crippen molar-refractivity contribution in [3.8, 4) is 22.6 Å². The van der Waals surface area contributed by atoms with E-state index in [1.807, 2.05) is 38.1 Å². The molecule has 0 saturated heterocycles. The number of esters is 2. The minimum atomic E-state index is -0.588. The number of ether oxygens (including phenoxy) is 4. The fourth-order valence-electron chi connectivity index (χ4n) is 5.76. The van der Waals surface area contributed by atoms with Crippen molar-refractivity contribution in [3.63, 3.8) is 0 Å². The lowest BCUT2D eigenvalue weighted by molar-refractivity contribution is -0.141. The molecule has 0 aliphatic heterocycles. The fourth-order valence-corrected chi connectivity index (χ4v) is 5.76. The van der Waals surface area contributed by atoms with Crippen molar-refractivity contribution in [1.29, 1.82) is 0 Å². The fraction of sp³-hybridized carbons (Fsp3) is 0.231. The first-order valence-corrected chi connectivity index (χ1v) is 15.0. The molecule has 4 aromatic rings. The van der Waals surface area contributed by atoms with E-state index in [0.717, 1.165) is 11.1 Å². The van der Waals surface area contributed by atoms with Gasteiger partial charge in [0.15, 0.2) is 0 Å². The van der Waals surface area contributed by atoms with Crippen molar-refractivity contribution in [3.05, 3.63) is 144 Å². The van der Waals surface area contributed by atoms with E-state index in [4.69, 9.17) is 18.9 Å². The van der Waals surface area contributed by atoms with Gasteiger partial charge in [0.05, 0.1) is 5.41 Å². The molecule has 6 nitrogen and oxygen atoms in total. The van der Waals surface area contributed by atoms with E-state index in [1.54, 1.807) is 13.8 Å². The average molecular weight is 603 g/mol. The molecule has 4 aromatic carbocycles. The minimum absolute atomic E-state index is 0.126. The summed E-state index contributed by atoms with van der Waals surface area (Å²) in [5.41, 5.74) is 7.05. The van der Waals surface area contributed by atoms with Gasteiger partial charge in [-0.2, -0.15) is 0 Å². The Hall–Kier alpha value is -5.10. The molecule has 0 bridgehead atoms. The third kappa shape index (κ3) is 6.41. The molecule has 0 N–H and O–H groups in total. The maximum Gasteiger partial charge on any atom is 0.333 e. The number of hydrogen-bond acceptors (Lipinski definition) is 6. The predicted molar refractivity (Wildman–Crippen MR) is 175 cm³/mol. The molecule has 0 saturated carbocycles. The van der Waals surface area contributed by atoms with Gasteiger partial charge >= 0.3 is 11.9 Å². The summed E-state index contributed by atoms with van der Waals surface area (Å²) in [5, 5.41) is 0. The van der Waals surface area contributed by atoms with Crippen LogP contribution in [-0.4, -0.2) is 37.4 Å².